The number of hydrogen-bond acceptors (Lipinski definition) is 4. The van der Waals surface area contributed by atoms with E-state index in [-0.39, 0.29) is 11.5 Å². The third-order valence-electron chi connectivity index (χ3n) is 3.96. The van der Waals surface area contributed by atoms with Gasteiger partial charge in [-0.2, -0.15) is 0 Å². The summed E-state index contributed by atoms with van der Waals surface area (Å²) >= 11 is 0. The van der Waals surface area contributed by atoms with Crippen molar-refractivity contribution in [3.05, 3.63) is 58.8 Å². The fourth-order valence-electron chi connectivity index (χ4n) is 2.83. The van der Waals surface area contributed by atoms with Crippen LogP contribution in [0.3, 0.4) is 0 Å². The minimum absolute atomic E-state index is 0.0657. The Balaban J connectivity index is 1.76. The summed E-state index contributed by atoms with van der Waals surface area (Å²) in [6.45, 7) is 0.513. The van der Waals surface area contributed by atoms with Gasteiger partial charge >= 0.3 is 0 Å². The van der Waals surface area contributed by atoms with Gasteiger partial charge in [0.1, 0.15) is 17.3 Å². The van der Waals surface area contributed by atoms with Crippen molar-refractivity contribution >= 4 is 21.8 Å². The molecule has 112 valence electrons. The molecule has 0 aliphatic carbocycles. The molecule has 6 heteroatoms. The number of hydrogen-bond donors (Lipinski definition) is 0. The molecule has 5 nitrogen and oxygen atoms in total. The highest BCUT2D eigenvalue weighted by Gasteiger charge is 2.33. The third kappa shape index (κ3) is 1.99. The van der Waals surface area contributed by atoms with Crippen LogP contribution in [0, 0.1) is 0 Å². The zero-order valence-corrected chi connectivity index (χ0v) is 12.6. The molecule has 2 aromatic rings. The Kier molecular flexibility index (Phi) is 2.94. The van der Waals surface area contributed by atoms with Gasteiger partial charge in [-0.1, -0.05) is 18.2 Å². The van der Waals surface area contributed by atoms with Crippen LogP contribution in [-0.4, -0.2) is 26.6 Å². The largest absolute Gasteiger partial charge is 0.487 e. The molecule has 3 heterocycles. The molecule has 1 aromatic carbocycles. The molecule has 0 fully saturated rings. The van der Waals surface area contributed by atoms with Gasteiger partial charge in [0, 0.05) is 24.5 Å². The average Bonchev–Trinajstić information content (AvgIpc) is 2.99. The zero-order valence-electron chi connectivity index (χ0n) is 11.8. The van der Waals surface area contributed by atoms with Gasteiger partial charge in [0.05, 0.1) is 5.69 Å². The lowest BCUT2D eigenvalue weighted by Crippen LogP contribution is -2.32. The molecule has 0 bridgehead atoms. The van der Waals surface area contributed by atoms with Crippen LogP contribution in [0.4, 0.5) is 5.69 Å². The molecular weight excluding hydrogens is 300 g/mol. The lowest BCUT2D eigenvalue weighted by Gasteiger charge is -2.24. The van der Waals surface area contributed by atoms with Gasteiger partial charge in [0.15, 0.2) is 0 Å². The van der Waals surface area contributed by atoms with Crippen LogP contribution in [-0.2, 0) is 16.4 Å². The van der Waals surface area contributed by atoms with E-state index in [1.165, 1.54) is 4.31 Å². The van der Waals surface area contributed by atoms with E-state index in [4.69, 9.17) is 4.74 Å². The maximum absolute atomic E-state index is 12.9. The maximum atomic E-state index is 12.9. The Labute approximate surface area is 128 Å². The first kappa shape index (κ1) is 13.3. The predicted molar refractivity (Wildman–Crippen MR) is 84.1 cm³/mol. The van der Waals surface area contributed by atoms with Gasteiger partial charge < -0.3 is 4.74 Å². The summed E-state index contributed by atoms with van der Waals surface area (Å²) < 4.78 is 32.9. The summed E-state index contributed by atoms with van der Waals surface area (Å²) in [6.07, 6.45) is 5.74. The molecule has 0 unspecified atom stereocenters. The van der Waals surface area contributed by atoms with Crippen molar-refractivity contribution in [3.8, 4) is 5.75 Å². The molecule has 0 spiro atoms. The van der Waals surface area contributed by atoms with E-state index in [9.17, 15) is 8.42 Å². The second kappa shape index (κ2) is 4.84. The molecule has 1 aromatic heterocycles. The van der Waals surface area contributed by atoms with Crippen molar-refractivity contribution < 1.29 is 13.2 Å². The first-order chi connectivity index (χ1) is 10.7. The van der Waals surface area contributed by atoms with Gasteiger partial charge in [0.25, 0.3) is 10.0 Å². The fourth-order valence-corrected chi connectivity index (χ4v) is 4.37. The SMILES string of the molecule is O=S(=O)(C1=Cc2ccccc2OC1)N1CCc2cnccc21. The van der Waals surface area contributed by atoms with Crippen LogP contribution in [0.5, 0.6) is 5.75 Å². The summed E-state index contributed by atoms with van der Waals surface area (Å²) in [5, 5.41) is 0. The number of sulfonamides is 1. The van der Waals surface area contributed by atoms with E-state index in [2.05, 4.69) is 4.98 Å². The lowest BCUT2D eigenvalue weighted by molar-refractivity contribution is 0.353. The zero-order chi connectivity index (χ0) is 15.2. The molecule has 0 radical (unpaired) electrons. The Morgan fingerprint density at radius 3 is 2.95 bits per heavy atom. The van der Waals surface area contributed by atoms with Crippen molar-refractivity contribution in [2.75, 3.05) is 17.5 Å². The van der Waals surface area contributed by atoms with E-state index in [0.717, 1.165) is 16.8 Å². The number of fused-ring (bicyclic) bond motifs is 2. The van der Waals surface area contributed by atoms with E-state index in [1.807, 2.05) is 24.3 Å². The topological polar surface area (TPSA) is 59.5 Å². The monoisotopic (exact) mass is 314 g/mol. The van der Waals surface area contributed by atoms with E-state index in [0.29, 0.717) is 18.7 Å². The van der Waals surface area contributed by atoms with Crippen LogP contribution >= 0.6 is 0 Å². The fraction of sp³-hybridized carbons (Fsp3) is 0.188. The van der Waals surface area contributed by atoms with Gasteiger partial charge in [-0.25, -0.2) is 8.42 Å². The number of anilines is 1. The molecule has 2 aliphatic heterocycles. The molecule has 0 saturated carbocycles. The van der Waals surface area contributed by atoms with Crippen molar-refractivity contribution in [2.24, 2.45) is 0 Å². The van der Waals surface area contributed by atoms with Crippen molar-refractivity contribution in [3.63, 3.8) is 0 Å². The number of nitrogens with zero attached hydrogens (tertiary/aromatic N) is 2. The smallest absolute Gasteiger partial charge is 0.263 e. The molecule has 22 heavy (non-hydrogen) atoms. The minimum atomic E-state index is -3.58. The van der Waals surface area contributed by atoms with E-state index in [1.54, 1.807) is 24.5 Å². The van der Waals surface area contributed by atoms with Gasteiger partial charge in [-0.05, 0) is 30.2 Å². The highest BCUT2D eigenvalue weighted by atomic mass is 32.2. The average molecular weight is 314 g/mol. The number of benzene rings is 1. The number of rotatable bonds is 2. The van der Waals surface area contributed by atoms with Crippen LogP contribution in [0.25, 0.3) is 6.08 Å². The van der Waals surface area contributed by atoms with Crippen molar-refractivity contribution in [1.82, 2.24) is 4.98 Å². The van der Waals surface area contributed by atoms with Gasteiger partial charge in [0.2, 0.25) is 0 Å². The minimum Gasteiger partial charge on any atom is -0.487 e. The Bertz CT molecular complexity index is 874. The van der Waals surface area contributed by atoms with Crippen LogP contribution in [0.2, 0.25) is 0 Å². The quantitative estimate of drug-likeness (QED) is 0.853. The molecule has 0 atom stereocenters. The van der Waals surface area contributed by atoms with Gasteiger partial charge in [-0.15, -0.1) is 0 Å². The summed E-state index contributed by atoms with van der Waals surface area (Å²) in [5.41, 5.74) is 2.47. The molecule has 0 N–H and O–H groups in total. The van der Waals surface area contributed by atoms with Crippen molar-refractivity contribution in [2.45, 2.75) is 6.42 Å². The Morgan fingerprint density at radius 2 is 2.05 bits per heavy atom. The molecule has 0 amide bonds. The van der Waals surface area contributed by atoms with Crippen LogP contribution in [0.15, 0.2) is 47.6 Å². The lowest BCUT2D eigenvalue weighted by atomic mass is 10.1. The molecule has 0 saturated heterocycles. The molecule has 4 rings (SSSR count). The normalized spacial score (nSPS) is 16.5. The third-order valence-corrected chi connectivity index (χ3v) is 5.82. The van der Waals surface area contributed by atoms with Crippen LogP contribution in [0.1, 0.15) is 11.1 Å². The maximum Gasteiger partial charge on any atom is 0.263 e. The number of aromatic nitrogens is 1. The highest BCUT2D eigenvalue weighted by molar-refractivity contribution is 7.96. The first-order valence-electron chi connectivity index (χ1n) is 7.04. The van der Waals surface area contributed by atoms with Crippen LogP contribution < -0.4 is 9.04 Å². The predicted octanol–water partition coefficient (Wildman–Crippen LogP) is 2.21. The summed E-state index contributed by atoms with van der Waals surface area (Å²) in [4.78, 5) is 4.34. The standard InChI is InChI=1S/C16H14N2O3S/c19-22(20,18-8-6-13-10-17-7-5-15(13)18)14-9-12-3-1-2-4-16(12)21-11-14/h1-5,7,9-10H,6,8,11H2. The first-order valence-corrected chi connectivity index (χ1v) is 8.48. The molecular formula is C16H14N2O3S. The highest BCUT2D eigenvalue weighted by Crippen LogP contribution is 2.34. The summed E-state index contributed by atoms with van der Waals surface area (Å²) in [5.74, 6) is 0.715. The van der Waals surface area contributed by atoms with Crippen molar-refractivity contribution in [1.29, 1.82) is 0 Å². The second-order valence-corrected chi connectivity index (χ2v) is 7.18. The summed E-state index contributed by atoms with van der Waals surface area (Å²) in [6, 6.07) is 9.18. The summed E-state index contributed by atoms with van der Waals surface area (Å²) in [7, 11) is -3.58. The van der Waals surface area contributed by atoms with Gasteiger partial charge in [-0.3, -0.25) is 9.29 Å². The number of para-hydroxylation sites is 1. The second-order valence-electron chi connectivity index (χ2n) is 5.27. The number of ether oxygens (including phenoxy) is 1. The Hall–Kier alpha value is -2.34. The number of pyridine rings is 1. The Morgan fingerprint density at radius 1 is 1.18 bits per heavy atom. The van der Waals surface area contributed by atoms with E-state index >= 15 is 0 Å². The molecule has 2 aliphatic rings. The van der Waals surface area contributed by atoms with E-state index < -0.39 is 10.0 Å².